The summed E-state index contributed by atoms with van der Waals surface area (Å²) in [4.78, 5) is 34.4. The monoisotopic (exact) mass is 685 g/mol. The summed E-state index contributed by atoms with van der Waals surface area (Å²) >= 11 is 0. The Hall–Kier alpha value is -5.19. The molecule has 0 aliphatic carbocycles. The van der Waals surface area contributed by atoms with E-state index in [1.165, 1.54) is 16.9 Å². The van der Waals surface area contributed by atoms with Crippen LogP contribution in [0.25, 0.3) is 17.0 Å². The molecule has 264 valence electrons. The number of nitrogens with one attached hydrogen (secondary N) is 3. The van der Waals surface area contributed by atoms with Crippen LogP contribution in [-0.2, 0) is 21.4 Å². The molecule has 15 nitrogen and oxygen atoms in total. The Morgan fingerprint density at radius 1 is 1.12 bits per heavy atom. The van der Waals surface area contributed by atoms with E-state index in [4.69, 9.17) is 9.47 Å². The quantitative estimate of drug-likeness (QED) is 0.109. The minimum Gasteiger partial charge on any atom is -0.481 e. The van der Waals surface area contributed by atoms with Crippen LogP contribution in [0, 0.1) is 0 Å². The highest BCUT2D eigenvalue weighted by Crippen LogP contribution is 2.35. The number of anilines is 2. The predicted molar refractivity (Wildman–Crippen MR) is 187 cm³/mol. The first kappa shape index (κ1) is 36.1. The maximum Gasteiger partial charge on any atom is 0.310 e. The van der Waals surface area contributed by atoms with Crippen molar-refractivity contribution in [3.05, 3.63) is 89.9 Å². The van der Waals surface area contributed by atoms with Gasteiger partial charge in [-0.25, -0.2) is 20.3 Å². The van der Waals surface area contributed by atoms with Gasteiger partial charge in [-0.05, 0) is 47.7 Å². The fraction of sp³-hybridized carbons (Fsp3) is 0.343. The maximum absolute atomic E-state index is 12.7. The SMILES string of the molecule is CCCN(COC)C(O)(O)C(=O)N1CC=C(c2ccc(-c3ncn(C)n3)cc2)CC1.COc1ccc(C2NNc3ccc(NC=O)cc32)cn1. The van der Waals surface area contributed by atoms with E-state index in [2.05, 4.69) is 31.2 Å². The molecule has 1 unspecified atom stereocenters. The molecule has 0 saturated heterocycles. The van der Waals surface area contributed by atoms with Crippen LogP contribution in [0.15, 0.2) is 73.2 Å². The van der Waals surface area contributed by atoms with Gasteiger partial charge in [0.2, 0.25) is 12.3 Å². The Morgan fingerprint density at radius 3 is 2.50 bits per heavy atom. The van der Waals surface area contributed by atoms with Crippen LogP contribution in [0.4, 0.5) is 11.4 Å². The number of fused-ring (bicyclic) bond motifs is 1. The number of carbonyl (C=O) groups is 2. The van der Waals surface area contributed by atoms with Gasteiger partial charge >= 0.3 is 5.91 Å². The molecular formula is C35H43N9O6. The number of amides is 2. The van der Waals surface area contributed by atoms with E-state index in [-0.39, 0.29) is 12.8 Å². The number of aliphatic hydroxyl groups is 2. The second-order valence-corrected chi connectivity index (χ2v) is 11.8. The Morgan fingerprint density at radius 2 is 1.90 bits per heavy atom. The average Bonchev–Trinajstić information content (AvgIpc) is 3.78. The third-order valence-corrected chi connectivity index (χ3v) is 8.36. The summed E-state index contributed by atoms with van der Waals surface area (Å²) in [6.45, 7) is 2.91. The Kier molecular flexibility index (Phi) is 11.9. The number of hydrogen-bond donors (Lipinski definition) is 5. The van der Waals surface area contributed by atoms with Gasteiger partial charge in [-0.2, -0.15) is 5.10 Å². The van der Waals surface area contributed by atoms with Crippen molar-refractivity contribution in [2.45, 2.75) is 31.7 Å². The Bertz CT molecular complexity index is 1770. The Labute approximate surface area is 290 Å². The van der Waals surface area contributed by atoms with E-state index < -0.39 is 11.8 Å². The standard InChI is InChI=1S/C21H29N5O4.C14H14N4O2/c1-4-11-26(15-30-3)21(28,29)20(27)25-12-9-17(10-13-25)16-5-7-18(8-6-16)19-22-14-24(2)23-19;1-20-13-5-2-9(7-15-13)14-11-6-10(16-8-19)3-4-12(11)17-18-14/h5-9,14,28-29H,4,10-13,15H2,1-3H3;2-8,14,17-18H,1H3,(H,16,19). The van der Waals surface area contributed by atoms with Crippen molar-refractivity contribution in [3.63, 3.8) is 0 Å². The molecule has 0 fully saturated rings. The molecule has 0 saturated carbocycles. The zero-order chi connectivity index (χ0) is 35.7. The number of pyridine rings is 1. The summed E-state index contributed by atoms with van der Waals surface area (Å²) in [5.74, 6) is -2.07. The van der Waals surface area contributed by atoms with Gasteiger partial charge in [0, 0.05) is 62.9 Å². The lowest BCUT2D eigenvalue weighted by atomic mass is 9.98. The molecule has 50 heavy (non-hydrogen) atoms. The molecular weight excluding hydrogens is 642 g/mol. The highest BCUT2D eigenvalue weighted by atomic mass is 16.6. The number of hydrogen-bond acceptors (Lipinski definition) is 12. The molecule has 2 aliphatic rings. The first-order chi connectivity index (χ1) is 24.2. The first-order valence-corrected chi connectivity index (χ1v) is 16.2. The van der Waals surface area contributed by atoms with Gasteiger partial charge in [0.15, 0.2) is 5.82 Å². The topological polar surface area (TPSA) is 179 Å². The molecule has 0 radical (unpaired) electrons. The molecule has 4 aromatic rings. The van der Waals surface area contributed by atoms with Crippen molar-refractivity contribution >= 4 is 29.3 Å². The van der Waals surface area contributed by atoms with Crippen molar-refractivity contribution in [2.75, 3.05) is 51.3 Å². The number of methoxy groups -OCH3 is 2. The second kappa shape index (κ2) is 16.5. The minimum absolute atomic E-state index is 0.0168. The third-order valence-electron chi connectivity index (χ3n) is 8.36. The number of nitrogens with zero attached hydrogens (tertiary/aromatic N) is 6. The van der Waals surface area contributed by atoms with Crippen molar-refractivity contribution in [2.24, 2.45) is 7.05 Å². The van der Waals surface area contributed by atoms with Crippen LogP contribution in [0.2, 0.25) is 0 Å². The number of aryl methyl sites for hydroxylation is 1. The zero-order valence-corrected chi connectivity index (χ0v) is 28.5. The lowest BCUT2D eigenvalue weighted by molar-refractivity contribution is -0.271. The third kappa shape index (κ3) is 8.33. The molecule has 5 N–H and O–H groups in total. The number of rotatable bonds is 12. The minimum atomic E-state index is -2.59. The van der Waals surface area contributed by atoms with Crippen LogP contribution < -0.4 is 20.9 Å². The molecule has 6 rings (SSSR count). The van der Waals surface area contributed by atoms with Gasteiger partial charge in [0.05, 0.1) is 18.8 Å². The number of aromatic nitrogens is 4. The lowest BCUT2D eigenvalue weighted by Crippen LogP contribution is -2.61. The molecule has 2 aromatic carbocycles. The van der Waals surface area contributed by atoms with Crippen LogP contribution in [-0.4, -0.2) is 98.6 Å². The number of ether oxygens (including phenoxy) is 2. The number of carbonyl (C=O) groups excluding carboxylic acids is 2. The normalized spacial score (nSPS) is 15.4. The van der Waals surface area contributed by atoms with Crippen LogP contribution in [0.3, 0.4) is 0 Å². The molecule has 0 bridgehead atoms. The lowest BCUT2D eigenvalue weighted by Gasteiger charge is -2.37. The molecule has 2 amide bonds. The summed E-state index contributed by atoms with van der Waals surface area (Å²) < 4.78 is 11.7. The van der Waals surface area contributed by atoms with Crippen LogP contribution >= 0.6 is 0 Å². The van der Waals surface area contributed by atoms with E-state index in [1.807, 2.05) is 74.6 Å². The average molecular weight is 686 g/mol. The smallest absolute Gasteiger partial charge is 0.310 e. The number of hydrazine groups is 1. The molecule has 4 heterocycles. The van der Waals surface area contributed by atoms with Gasteiger partial charge < -0.3 is 35.3 Å². The largest absolute Gasteiger partial charge is 0.481 e. The van der Waals surface area contributed by atoms with Crippen LogP contribution in [0.1, 0.15) is 42.5 Å². The second-order valence-electron chi connectivity index (χ2n) is 11.8. The maximum atomic E-state index is 12.7. The van der Waals surface area contributed by atoms with Crippen molar-refractivity contribution in [1.29, 1.82) is 0 Å². The fourth-order valence-electron chi connectivity index (χ4n) is 5.75. The van der Waals surface area contributed by atoms with Crippen LogP contribution in [0.5, 0.6) is 5.88 Å². The molecule has 2 aliphatic heterocycles. The zero-order valence-electron chi connectivity index (χ0n) is 28.5. The molecule has 15 heteroatoms. The summed E-state index contributed by atoms with van der Waals surface area (Å²) in [7, 11) is 4.87. The van der Waals surface area contributed by atoms with Gasteiger partial charge in [0.25, 0.3) is 5.91 Å². The van der Waals surface area contributed by atoms with E-state index >= 15 is 0 Å². The summed E-state index contributed by atoms with van der Waals surface area (Å²) in [5, 5.41) is 27.9. The fourth-order valence-corrected chi connectivity index (χ4v) is 5.75. The van der Waals surface area contributed by atoms with Gasteiger partial charge in [0.1, 0.15) is 13.1 Å². The predicted octanol–water partition coefficient (Wildman–Crippen LogP) is 2.73. The summed E-state index contributed by atoms with van der Waals surface area (Å²) in [5.41, 5.74) is 13.3. The van der Waals surface area contributed by atoms with E-state index in [9.17, 15) is 19.8 Å². The summed E-state index contributed by atoms with van der Waals surface area (Å²) in [6.07, 6.45) is 7.34. The molecule has 1 atom stereocenters. The summed E-state index contributed by atoms with van der Waals surface area (Å²) in [6, 6.07) is 17.4. The van der Waals surface area contributed by atoms with E-state index in [0.29, 0.717) is 50.6 Å². The molecule has 0 spiro atoms. The highest BCUT2D eigenvalue weighted by Gasteiger charge is 2.43. The van der Waals surface area contributed by atoms with Gasteiger partial charge in [-0.1, -0.05) is 43.3 Å². The highest BCUT2D eigenvalue weighted by molar-refractivity contribution is 5.84. The van der Waals surface area contributed by atoms with Crippen molar-refractivity contribution in [1.82, 2.24) is 35.0 Å². The van der Waals surface area contributed by atoms with E-state index in [0.717, 1.165) is 39.2 Å². The van der Waals surface area contributed by atoms with E-state index in [1.54, 1.807) is 24.3 Å². The van der Waals surface area contributed by atoms with Crippen molar-refractivity contribution in [3.8, 4) is 17.3 Å². The van der Waals surface area contributed by atoms with Gasteiger partial charge in [-0.3, -0.25) is 14.3 Å². The Balaban J connectivity index is 0.000000210. The van der Waals surface area contributed by atoms with Crippen molar-refractivity contribution < 1.29 is 29.3 Å². The molecule has 2 aromatic heterocycles. The number of benzene rings is 2. The first-order valence-electron chi connectivity index (χ1n) is 16.2. The van der Waals surface area contributed by atoms with Gasteiger partial charge in [-0.15, -0.1) is 0 Å².